The summed E-state index contributed by atoms with van der Waals surface area (Å²) in [6, 6.07) is 1.28. The van der Waals surface area contributed by atoms with Crippen molar-refractivity contribution in [1.82, 2.24) is 9.55 Å². The molecule has 15 heteroatoms. The van der Waals surface area contributed by atoms with Gasteiger partial charge in [0.1, 0.15) is 29.5 Å². The molecule has 160 valence electrons. The van der Waals surface area contributed by atoms with Crippen LogP contribution in [-0.4, -0.2) is 66.5 Å². The van der Waals surface area contributed by atoms with Crippen LogP contribution in [0.5, 0.6) is 0 Å². The molecule has 0 saturated carbocycles. The summed E-state index contributed by atoms with van der Waals surface area (Å²) in [7, 11) is -8.73. The zero-order chi connectivity index (χ0) is 21.5. The Labute approximate surface area is 159 Å². The van der Waals surface area contributed by atoms with Gasteiger partial charge < -0.3 is 30.5 Å². The third-order valence-corrected chi connectivity index (χ3v) is 7.60. The first-order valence-corrected chi connectivity index (χ1v) is 11.6. The largest absolute Gasteiger partial charge is 0.473 e. The standard InChI is InChI=1S/C13H23N3O10P2/c1-13(2,27(3,20)21)26-28(22,23)24-6-7-9(17)10(18)11(25-7)16-5-4-8(14)15-12(16)19/h4-5,7,9-11,17-18H,6H2,1-3H3,(H,20,21)(H,22,23)(H2,14,15,19)/t7-,9?,10?,11-/m1/s1. The topological polar surface area (TPSA) is 204 Å². The molecule has 0 spiro atoms. The van der Waals surface area contributed by atoms with E-state index in [1.54, 1.807) is 0 Å². The Morgan fingerprint density at radius 1 is 1.32 bits per heavy atom. The smallest absolute Gasteiger partial charge is 0.387 e. The average Bonchev–Trinajstić information content (AvgIpc) is 2.79. The van der Waals surface area contributed by atoms with Gasteiger partial charge in [-0.05, 0) is 19.9 Å². The number of rotatable bonds is 7. The molecule has 1 aromatic heterocycles. The Kier molecular flexibility index (Phi) is 6.56. The second-order valence-corrected chi connectivity index (χ2v) is 11.0. The molecule has 6 N–H and O–H groups in total. The highest BCUT2D eigenvalue weighted by atomic mass is 31.2. The van der Waals surface area contributed by atoms with Crippen molar-refractivity contribution in [2.75, 3.05) is 19.0 Å². The molecule has 1 aromatic rings. The zero-order valence-corrected chi connectivity index (χ0v) is 17.1. The van der Waals surface area contributed by atoms with Crippen LogP contribution in [0, 0.1) is 0 Å². The maximum atomic E-state index is 12.1. The second kappa shape index (κ2) is 7.94. The lowest BCUT2D eigenvalue weighted by Gasteiger charge is -2.29. The first-order chi connectivity index (χ1) is 12.6. The van der Waals surface area contributed by atoms with Crippen molar-refractivity contribution >= 4 is 21.0 Å². The lowest BCUT2D eigenvalue weighted by molar-refractivity contribution is -0.0564. The number of ether oxygens (including phenoxy) is 1. The van der Waals surface area contributed by atoms with Crippen LogP contribution in [0.4, 0.5) is 5.82 Å². The summed E-state index contributed by atoms with van der Waals surface area (Å²) in [5.41, 5.74) is 4.55. The molecule has 0 radical (unpaired) electrons. The molecule has 1 fully saturated rings. The molecule has 0 aliphatic carbocycles. The molecule has 0 bridgehead atoms. The summed E-state index contributed by atoms with van der Waals surface area (Å²) in [4.78, 5) is 34.7. The summed E-state index contributed by atoms with van der Waals surface area (Å²) in [6.45, 7) is 2.52. The minimum absolute atomic E-state index is 0.0488. The lowest BCUT2D eigenvalue weighted by Crippen LogP contribution is -2.36. The van der Waals surface area contributed by atoms with Crippen molar-refractivity contribution in [3.8, 4) is 0 Å². The van der Waals surface area contributed by atoms with Crippen molar-refractivity contribution in [1.29, 1.82) is 0 Å². The van der Waals surface area contributed by atoms with Crippen LogP contribution in [0.3, 0.4) is 0 Å². The second-order valence-electron chi connectivity index (χ2n) is 6.77. The summed E-state index contributed by atoms with van der Waals surface area (Å²) in [5.74, 6) is -0.0488. The molecule has 6 atom stereocenters. The Balaban J connectivity index is 2.08. The Morgan fingerprint density at radius 3 is 2.46 bits per heavy atom. The van der Waals surface area contributed by atoms with Crippen molar-refractivity contribution in [2.24, 2.45) is 0 Å². The van der Waals surface area contributed by atoms with E-state index >= 15 is 0 Å². The number of hydrogen-bond acceptors (Lipinski definition) is 10. The van der Waals surface area contributed by atoms with Gasteiger partial charge in [-0.25, -0.2) is 9.36 Å². The van der Waals surface area contributed by atoms with Crippen molar-refractivity contribution < 1.29 is 42.9 Å². The summed E-state index contributed by atoms with van der Waals surface area (Å²) in [6.07, 6.45) is -4.58. The number of phosphoric ester groups is 1. The molecule has 1 aliphatic heterocycles. The number of nitrogens with two attached hydrogens (primary N) is 1. The van der Waals surface area contributed by atoms with Crippen molar-refractivity contribution in [3.63, 3.8) is 0 Å². The lowest BCUT2D eigenvalue weighted by atomic mass is 10.1. The predicted octanol–water partition coefficient (Wildman–Crippen LogP) is -0.785. The minimum Gasteiger partial charge on any atom is -0.387 e. The van der Waals surface area contributed by atoms with Gasteiger partial charge in [-0.1, -0.05) is 0 Å². The SMILES string of the molecule is CC(C)(OP(=O)(O)OC[C@H]1O[C@@H](n2ccc(N)nc2=O)C(O)C1O)P(C)(=O)O. The number of phosphoric acid groups is 1. The number of hydrogen-bond donors (Lipinski definition) is 5. The van der Waals surface area contributed by atoms with E-state index in [-0.39, 0.29) is 5.82 Å². The van der Waals surface area contributed by atoms with E-state index in [1.165, 1.54) is 12.3 Å². The van der Waals surface area contributed by atoms with Crippen molar-refractivity contribution in [2.45, 2.75) is 43.7 Å². The van der Waals surface area contributed by atoms with Crippen LogP contribution in [0.1, 0.15) is 20.1 Å². The Hall–Kier alpha value is -1.14. The van der Waals surface area contributed by atoms with Gasteiger partial charge in [-0.2, -0.15) is 4.98 Å². The molecule has 2 rings (SSSR count). The first-order valence-electron chi connectivity index (χ1n) is 7.99. The molecular weight excluding hydrogens is 420 g/mol. The van der Waals surface area contributed by atoms with E-state index < -0.39 is 57.4 Å². The van der Waals surface area contributed by atoms with Crippen LogP contribution >= 0.6 is 15.2 Å². The zero-order valence-electron chi connectivity index (χ0n) is 15.3. The minimum atomic E-state index is -4.82. The third kappa shape index (κ3) is 5.07. The van der Waals surface area contributed by atoms with Gasteiger partial charge in [-0.3, -0.25) is 18.2 Å². The fraction of sp³-hybridized carbons (Fsp3) is 0.692. The van der Waals surface area contributed by atoms with Gasteiger partial charge in [0.25, 0.3) is 0 Å². The van der Waals surface area contributed by atoms with Crippen LogP contribution in [0.25, 0.3) is 0 Å². The highest BCUT2D eigenvalue weighted by molar-refractivity contribution is 7.59. The van der Waals surface area contributed by atoms with Crippen LogP contribution in [0.15, 0.2) is 17.1 Å². The predicted molar refractivity (Wildman–Crippen MR) is 95.5 cm³/mol. The number of nitrogen functional groups attached to an aromatic ring is 1. The summed E-state index contributed by atoms with van der Waals surface area (Å²) >= 11 is 0. The third-order valence-electron chi connectivity index (χ3n) is 4.20. The molecule has 13 nitrogen and oxygen atoms in total. The van der Waals surface area contributed by atoms with Crippen LogP contribution < -0.4 is 11.4 Å². The fourth-order valence-corrected chi connectivity index (χ4v) is 4.14. The van der Waals surface area contributed by atoms with Gasteiger partial charge in [0.15, 0.2) is 6.23 Å². The number of aromatic nitrogens is 2. The van der Waals surface area contributed by atoms with Gasteiger partial charge in [0, 0.05) is 12.9 Å². The van der Waals surface area contributed by atoms with E-state index in [2.05, 4.69) is 4.98 Å². The van der Waals surface area contributed by atoms with Crippen LogP contribution in [0.2, 0.25) is 0 Å². The van der Waals surface area contributed by atoms with E-state index in [4.69, 9.17) is 19.5 Å². The van der Waals surface area contributed by atoms with E-state index in [0.717, 1.165) is 25.1 Å². The summed E-state index contributed by atoms with van der Waals surface area (Å²) < 4.78 is 39.5. The van der Waals surface area contributed by atoms with Crippen LogP contribution in [-0.2, 0) is 22.9 Å². The van der Waals surface area contributed by atoms with Gasteiger partial charge in [-0.15, -0.1) is 0 Å². The Morgan fingerprint density at radius 2 is 1.93 bits per heavy atom. The quantitative estimate of drug-likeness (QED) is 0.329. The number of aliphatic hydroxyl groups is 2. The normalized spacial score (nSPS) is 30.0. The molecule has 0 aromatic carbocycles. The number of nitrogens with zero attached hydrogens (tertiary/aromatic N) is 2. The van der Waals surface area contributed by atoms with E-state index in [9.17, 15) is 33.9 Å². The average molecular weight is 443 g/mol. The molecule has 2 heterocycles. The summed E-state index contributed by atoms with van der Waals surface area (Å²) in [5, 5.41) is 18.3. The Bertz CT molecular complexity index is 868. The van der Waals surface area contributed by atoms with Crippen molar-refractivity contribution in [3.05, 3.63) is 22.7 Å². The van der Waals surface area contributed by atoms with Gasteiger partial charge >= 0.3 is 13.5 Å². The number of anilines is 1. The van der Waals surface area contributed by atoms with E-state index in [0.29, 0.717) is 0 Å². The highest BCUT2D eigenvalue weighted by Crippen LogP contribution is 2.59. The highest BCUT2D eigenvalue weighted by Gasteiger charge is 2.47. The molecule has 0 amide bonds. The van der Waals surface area contributed by atoms with Gasteiger partial charge in [0.2, 0.25) is 7.37 Å². The maximum absolute atomic E-state index is 12.1. The molecular formula is C13H23N3O10P2. The molecule has 4 unspecified atom stereocenters. The molecule has 1 aliphatic rings. The first kappa shape index (κ1) is 23.1. The molecule has 28 heavy (non-hydrogen) atoms. The van der Waals surface area contributed by atoms with E-state index in [1.807, 2.05) is 0 Å². The maximum Gasteiger partial charge on any atom is 0.473 e. The van der Waals surface area contributed by atoms with Gasteiger partial charge in [0.05, 0.1) is 6.61 Å². The fourth-order valence-electron chi connectivity index (χ4n) is 2.27. The molecule has 1 saturated heterocycles. The number of aliphatic hydroxyl groups excluding tert-OH is 2. The monoisotopic (exact) mass is 443 g/mol.